The molecule has 0 atom stereocenters. The van der Waals surface area contributed by atoms with Crippen molar-refractivity contribution in [1.29, 1.82) is 5.26 Å². The van der Waals surface area contributed by atoms with Crippen LogP contribution in [0.1, 0.15) is 5.56 Å². The van der Waals surface area contributed by atoms with Crippen LogP contribution in [0.15, 0.2) is 47.4 Å². The van der Waals surface area contributed by atoms with Crippen LogP contribution in [0.2, 0.25) is 5.02 Å². The van der Waals surface area contributed by atoms with Crippen molar-refractivity contribution >= 4 is 33.2 Å². The van der Waals surface area contributed by atoms with E-state index in [1.54, 1.807) is 12.1 Å². The van der Waals surface area contributed by atoms with Gasteiger partial charge in [0.15, 0.2) is 0 Å². The van der Waals surface area contributed by atoms with Crippen LogP contribution in [0.4, 0.5) is 5.69 Å². The predicted molar refractivity (Wildman–Crippen MR) is 93.0 cm³/mol. The molecule has 0 unspecified atom stereocenters. The van der Waals surface area contributed by atoms with Gasteiger partial charge < -0.3 is 10.1 Å². The van der Waals surface area contributed by atoms with Crippen molar-refractivity contribution in [2.24, 2.45) is 0 Å². The summed E-state index contributed by atoms with van der Waals surface area (Å²) in [5.74, 6) is -0.446. The number of anilines is 1. The third kappa shape index (κ3) is 4.93. The van der Waals surface area contributed by atoms with E-state index < -0.39 is 22.5 Å². The molecule has 0 aliphatic heterocycles. The van der Waals surface area contributed by atoms with E-state index in [2.05, 4.69) is 10.0 Å². The maximum atomic E-state index is 12.3. The number of rotatable bonds is 6. The summed E-state index contributed by atoms with van der Waals surface area (Å²) in [6.45, 7) is -0.474. The number of ether oxygens (including phenoxy) is 1. The number of hydrogen-bond acceptors (Lipinski definition) is 5. The van der Waals surface area contributed by atoms with E-state index in [9.17, 15) is 13.2 Å². The number of methoxy groups -OCH3 is 1. The van der Waals surface area contributed by atoms with Gasteiger partial charge in [-0.25, -0.2) is 13.1 Å². The Morgan fingerprint density at radius 2 is 1.92 bits per heavy atom. The highest BCUT2D eigenvalue weighted by molar-refractivity contribution is 7.89. The van der Waals surface area contributed by atoms with Gasteiger partial charge in [0.1, 0.15) is 10.6 Å². The van der Waals surface area contributed by atoms with Crippen LogP contribution in [-0.2, 0) is 14.8 Å². The number of carbonyl (C=O) groups excluding carboxylic acids is 1. The minimum absolute atomic E-state index is 0.115. The highest BCUT2D eigenvalue weighted by Crippen LogP contribution is 2.26. The van der Waals surface area contributed by atoms with Gasteiger partial charge >= 0.3 is 0 Å². The van der Waals surface area contributed by atoms with Gasteiger partial charge in [-0.1, -0.05) is 11.6 Å². The van der Waals surface area contributed by atoms with Crippen LogP contribution in [-0.4, -0.2) is 28.0 Å². The number of carbonyl (C=O) groups is 1. The van der Waals surface area contributed by atoms with Crippen LogP contribution in [0.5, 0.6) is 5.75 Å². The fraction of sp³-hybridized carbons (Fsp3) is 0.125. The van der Waals surface area contributed by atoms with Gasteiger partial charge in [0.05, 0.1) is 25.3 Å². The number of benzene rings is 2. The lowest BCUT2D eigenvalue weighted by molar-refractivity contribution is -0.115. The van der Waals surface area contributed by atoms with Gasteiger partial charge in [0.2, 0.25) is 15.9 Å². The lowest BCUT2D eigenvalue weighted by atomic mass is 10.2. The molecule has 0 aliphatic rings. The molecule has 130 valence electrons. The first kappa shape index (κ1) is 18.7. The minimum atomic E-state index is -3.99. The fourth-order valence-electron chi connectivity index (χ4n) is 1.93. The fourth-order valence-corrected chi connectivity index (χ4v) is 3.34. The lowest BCUT2D eigenvalue weighted by Gasteiger charge is -2.11. The van der Waals surface area contributed by atoms with Crippen molar-refractivity contribution < 1.29 is 17.9 Å². The molecule has 9 heteroatoms. The number of halogens is 1. The van der Waals surface area contributed by atoms with E-state index in [0.717, 1.165) is 0 Å². The topological polar surface area (TPSA) is 108 Å². The minimum Gasteiger partial charge on any atom is -0.495 e. The predicted octanol–water partition coefficient (Wildman–Crippen LogP) is 2.14. The summed E-state index contributed by atoms with van der Waals surface area (Å²) in [6.07, 6.45) is 0. The molecular formula is C16H14ClN3O4S. The van der Waals surface area contributed by atoms with Crippen molar-refractivity contribution in [3.63, 3.8) is 0 Å². The zero-order valence-electron chi connectivity index (χ0n) is 13.1. The molecule has 2 aromatic rings. The summed E-state index contributed by atoms with van der Waals surface area (Å²) in [5.41, 5.74) is 0.898. The lowest BCUT2D eigenvalue weighted by Crippen LogP contribution is -2.33. The first-order valence-electron chi connectivity index (χ1n) is 6.99. The molecule has 0 aliphatic carbocycles. The molecule has 0 saturated carbocycles. The molecule has 0 radical (unpaired) electrons. The molecule has 7 nitrogen and oxygen atoms in total. The van der Waals surface area contributed by atoms with Crippen molar-refractivity contribution in [2.75, 3.05) is 19.0 Å². The SMILES string of the molecule is COc1ccc(Cl)cc1S(=O)(=O)NCC(=O)Nc1ccc(C#N)cc1. The first-order valence-corrected chi connectivity index (χ1v) is 8.85. The number of amides is 1. The number of sulfonamides is 1. The molecule has 0 aromatic heterocycles. The largest absolute Gasteiger partial charge is 0.495 e. The van der Waals surface area contributed by atoms with Gasteiger partial charge in [-0.2, -0.15) is 5.26 Å². The second kappa shape index (κ2) is 7.98. The third-order valence-electron chi connectivity index (χ3n) is 3.14. The van der Waals surface area contributed by atoms with E-state index in [1.165, 1.54) is 37.4 Å². The highest BCUT2D eigenvalue weighted by Gasteiger charge is 2.21. The Hall–Kier alpha value is -2.60. The first-order chi connectivity index (χ1) is 11.9. The van der Waals surface area contributed by atoms with Crippen LogP contribution >= 0.6 is 11.6 Å². The van der Waals surface area contributed by atoms with E-state index in [4.69, 9.17) is 21.6 Å². The molecular weight excluding hydrogens is 366 g/mol. The Labute approximate surface area is 150 Å². The number of nitrogens with one attached hydrogen (secondary N) is 2. The normalized spacial score (nSPS) is 10.8. The molecule has 2 rings (SSSR count). The zero-order valence-corrected chi connectivity index (χ0v) is 14.7. The summed E-state index contributed by atoms with van der Waals surface area (Å²) in [7, 11) is -2.65. The Morgan fingerprint density at radius 3 is 2.52 bits per heavy atom. The van der Waals surface area contributed by atoms with Crippen molar-refractivity contribution in [3.8, 4) is 11.8 Å². The van der Waals surface area contributed by atoms with E-state index in [0.29, 0.717) is 11.3 Å². The maximum absolute atomic E-state index is 12.3. The summed E-state index contributed by atoms with van der Waals surface area (Å²) >= 11 is 5.82. The quantitative estimate of drug-likeness (QED) is 0.799. The molecule has 0 heterocycles. The number of nitrogens with zero attached hydrogens (tertiary/aromatic N) is 1. The zero-order chi connectivity index (χ0) is 18.4. The number of hydrogen-bond donors (Lipinski definition) is 2. The molecule has 0 spiro atoms. The Kier molecular flexibility index (Phi) is 5.98. The van der Waals surface area contributed by atoms with E-state index in [1.807, 2.05) is 6.07 Å². The Morgan fingerprint density at radius 1 is 1.24 bits per heavy atom. The molecule has 25 heavy (non-hydrogen) atoms. The third-order valence-corrected chi connectivity index (χ3v) is 4.79. The van der Waals surface area contributed by atoms with Gasteiger partial charge in [-0.3, -0.25) is 4.79 Å². The smallest absolute Gasteiger partial charge is 0.244 e. The van der Waals surface area contributed by atoms with Gasteiger partial charge in [-0.15, -0.1) is 0 Å². The molecule has 2 N–H and O–H groups in total. The molecule has 1 amide bonds. The Balaban J connectivity index is 2.05. The maximum Gasteiger partial charge on any atom is 0.244 e. The summed E-state index contributed by atoms with van der Waals surface area (Å²) in [4.78, 5) is 11.7. The average molecular weight is 380 g/mol. The summed E-state index contributed by atoms with van der Waals surface area (Å²) < 4.78 is 31.9. The number of nitriles is 1. The monoisotopic (exact) mass is 379 g/mol. The van der Waals surface area contributed by atoms with E-state index >= 15 is 0 Å². The van der Waals surface area contributed by atoms with Crippen LogP contribution in [0.3, 0.4) is 0 Å². The summed E-state index contributed by atoms with van der Waals surface area (Å²) in [6, 6.07) is 12.3. The summed E-state index contributed by atoms with van der Waals surface area (Å²) in [5, 5.41) is 11.5. The van der Waals surface area contributed by atoms with Crippen LogP contribution in [0, 0.1) is 11.3 Å². The van der Waals surface area contributed by atoms with Gasteiger partial charge in [0, 0.05) is 10.7 Å². The Bertz CT molecular complexity index is 921. The van der Waals surface area contributed by atoms with Crippen molar-refractivity contribution in [1.82, 2.24) is 4.72 Å². The van der Waals surface area contributed by atoms with Crippen LogP contribution < -0.4 is 14.8 Å². The highest BCUT2D eigenvalue weighted by atomic mass is 35.5. The van der Waals surface area contributed by atoms with Crippen LogP contribution in [0.25, 0.3) is 0 Å². The second-order valence-corrected chi connectivity index (χ2v) is 7.03. The van der Waals surface area contributed by atoms with Gasteiger partial charge in [-0.05, 0) is 42.5 Å². The average Bonchev–Trinajstić information content (AvgIpc) is 2.61. The van der Waals surface area contributed by atoms with Crippen molar-refractivity contribution in [2.45, 2.75) is 4.90 Å². The van der Waals surface area contributed by atoms with E-state index in [-0.39, 0.29) is 15.7 Å². The molecule has 2 aromatic carbocycles. The van der Waals surface area contributed by atoms with Crippen molar-refractivity contribution in [3.05, 3.63) is 53.1 Å². The molecule has 0 fully saturated rings. The second-order valence-electron chi connectivity index (χ2n) is 4.86. The standard InChI is InChI=1S/C16H14ClN3O4S/c1-24-14-7-4-12(17)8-15(14)25(22,23)19-10-16(21)20-13-5-2-11(9-18)3-6-13/h2-8,19H,10H2,1H3,(H,20,21). The molecule has 0 bridgehead atoms. The molecule has 0 saturated heterocycles. The van der Waals surface area contributed by atoms with Gasteiger partial charge in [0.25, 0.3) is 0 Å².